The highest BCUT2D eigenvalue weighted by atomic mass is 35.5. The van der Waals surface area contributed by atoms with Crippen LogP contribution in [-0.2, 0) is 0 Å². The predicted molar refractivity (Wildman–Crippen MR) is 58.1 cm³/mol. The van der Waals surface area contributed by atoms with Crippen molar-refractivity contribution < 1.29 is 19.3 Å². The molecule has 0 amide bonds. The highest BCUT2D eigenvalue weighted by Crippen LogP contribution is 2.44. The van der Waals surface area contributed by atoms with Gasteiger partial charge >= 0.3 is 0 Å². The zero-order valence-corrected chi connectivity index (χ0v) is 9.24. The van der Waals surface area contributed by atoms with Gasteiger partial charge in [0, 0.05) is 6.54 Å². The van der Waals surface area contributed by atoms with Crippen LogP contribution in [0.3, 0.4) is 0 Å². The Hall–Kier alpha value is -1.17. The Labute approximate surface area is 97.7 Å². The number of halogens is 1. The molecule has 1 unspecified atom stereocenters. The van der Waals surface area contributed by atoms with Crippen molar-refractivity contribution in [1.82, 2.24) is 0 Å². The summed E-state index contributed by atoms with van der Waals surface area (Å²) in [6, 6.07) is 3.37. The zero-order valence-electron chi connectivity index (χ0n) is 8.48. The number of aliphatic hydroxyl groups excluding tert-OH is 1. The van der Waals surface area contributed by atoms with Gasteiger partial charge in [-0.25, -0.2) is 0 Å². The van der Waals surface area contributed by atoms with Crippen molar-refractivity contribution in [2.45, 2.75) is 6.10 Å². The molecule has 0 bridgehead atoms. The Morgan fingerprint density at radius 1 is 1.50 bits per heavy atom. The van der Waals surface area contributed by atoms with Gasteiger partial charge < -0.3 is 25.1 Å². The van der Waals surface area contributed by atoms with Crippen LogP contribution in [-0.4, -0.2) is 31.2 Å². The first kappa shape index (κ1) is 11.3. The fourth-order valence-electron chi connectivity index (χ4n) is 1.29. The molecule has 3 N–H and O–H groups in total. The molecule has 16 heavy (non-hydrogen) atoms. The third-order valence-electron chi connectivity index (χ3n) is 2.15. The Balaban J connectivity index is 2.11. The Morgan fingerprint density at radius 3 is 3.06 bits per heavy atom. The van der Waals surface area contributed by atoms with Crippen LogP contribution in [0.5, 0.6) is 17.2 Å². The van der Waals surface area contributed by atoms with E-state index in [-0.39, 0.29) is 19.9 Å². The van der Waals surface area contributed by atoms with E-state index in [0.717, 1.165) is 0 Å². The lowest BCUT2D eigenvalue weighted by molar-refractivity contribution is 0.114. The van der Waals surface area contributed by atoms with Crippen LogP contribution in [0, 0.1) is 0 Å². The third kappa shape index (κ3) is 2.16. The molecule has 1 aliphatic heterocycles. The van der Waals surface area contributed by atoms with E-state index in [9.17, 15) is 5.11 Å². The van der Waals surface area contributed by atoms with Gasteiger partial charge in [0.15, 0.2) is 11.5 Å². The van der Waals surface area contributed by atoms with Crippen molar-refractivity contribution in [3.63, 3.8) is 0 Å². The van der Waals surface area contributed by atoms with Crippen LogP contribution in [0.25, 0.3) is 0 Å². The van der Waals surface area contributed by atoms with E-state index >= 15 is 0 Å². The maximum atomic E-state index is 9.25. The molecule has 0 aliphatic carbocycles. The Kier molecular flexibility index (Phi) is 3.38. The number of hydrogen-bond donors (Lipinski definition) is 2. The summed E-state index contributed by atoms with van der Waals surface area (Å²) < 4.78 is 15.6. The van der Waals surface area contributed by atoms with E-state index in [1.807, 2.05) is 0 Å². The van der Waals surface area contributed by atoms with Gasteiger partial charge in [0.05, 0.1) is 0 Å². The Bertz CT molecular complexity index is 385. The van der Waals surface area contributed by atoms with Crippen LogP contribution >= 0.6 is 11.6 Å². The maximum absolute atomic E-state index is 9.25. The van der Waals surface area contributed by atoms with Crippen LogP contribution in [0.15, 0.2) is 12.1 Å². The molecule has 1 aromatic carbocycles. The van der Waals surface area contributed by atoms with Crippen molar-refractivity contribution in [3.8, 4) is 17.2 Å². The molecule has 1 atom stereocenters. The molecule has 88 valence electrons. The topological polar surface area (TPSA) is 73.9 Å². The van der Waals surface area contributed by atoms with Crippen molar-refractivity contribution in [3.05, 3.63) is 17.2 Å². The molecule has 2 rings (SSSR count). The summed E-state index contributed by atoms with van der Waals surface area (Å²) in [5.41, 5.74) is 5.26. The molecule has 0 saturated heterocycles. The first-order valence-corrected chi connectivity index (χ1v) is 5.19. The van der Waals surface area contributed by atoms with Gasteiger partial charge in [0.2, 0.25) is 6.79 Å². The first-order valence-electron chi connectivity index (χ1n) is 4.81. The number of nitrogens with two attached hydrogens (primary N) is 1. The average molecular weight is 246 g/mol. The minimum absolute atomic E-state index is 0.0931. The van der Waals surface area contributed by atoms with Gasteiger partial charge in [0.1, 0.15) is 23.5 Å². The minimum Gasteiger partial charge on any atom is -0.489 e. The Morgan fingerprint density at radius 2 is 2.31 bits per heavy atom. The summed E-state index contributed by atoms with van der Waals surface area (Å²) in [6.07, 6.45) is -0.707. The maximum Gasteiger partial charge on any atom is 0.231 e. The summed E-state index contributed by atoms with van der Waals surface area (Å²) in [6.45, 7) is 0.391. The molecule has 1 aromatic rings. The smallest absolute Gasteiger partial charge is 0.231 e. The summed E-state index contributed by atoms with van der Waals surface area (Å²) in [5.74, 6) is 1.51. The minimum atomic E-state index is -0.707. The lowest BCUT2D eigenvalue weighted by Gasteiger charge is -2.12. The van der Waals surface area contributed by atoms with E-state index in [4.69, 9.17) is 31.5 Å². The van der Waals surface area contributed by atoms with Gasteiger partial charge in [-0.3, -0.25) is 0 Å². The summed E-state index contributed by atoms with van der Waals surface area (Å²) >= 11 is 6.04. The largest absolute Gasteiger partial charge is 0.489 e. The number of ether oxygens (including phenoxy) is 3. The second-order valence-electron chi connectivity index (χ2n) is 3.31. The highest BCUT2D eigenvalue weighted by Gasteiger charge is 2.20. The van der Waals surface area contributed by atoms with Crippen molar-refractivity contribution >= 4 is 11.6 Å². The molecule has 0 spiro atoms. The fraction of sp³-hybridized carbons (Fsp3) is 0.400. The average Bonchev–Trinajstić information content (AvgIpc) is 2.76. The molecule has 0 fully saturated rings. The fourth-order valence-corrected chi connectivity index (χ4v) is 1.55. The van der Waals surface area contributed by atoms with E-state index in [0.29, 0.717) is 22.3 Å². The normalized spacial score (nSPS) is 14.9. The molecule has 5 nitrogen and oxygen atoms in total. The quantitative estimate of drug-likeness (QED) is 0.820. The van der Waals surface area contributed by atoms with Gasteiger partial charge in [-0.2, -0.15) is 0 Å². The summed E-state index contributed by atoms with van der Waals surface area (Å²) in [4.78, 5) is 0. The number of aliphatic hydroxyl groups is 1. The number of benzene rings is 1. The molecular formula is C10H12ClNO4. The third-order valence-corrected chi connectivity index (χ3v) is 2.50. The summed E-state index contributed by atoms with van der Waals surface area (Å²) in [7, 11) is 0. The molecule has 0 radical (unpaired) electrons. The number of hydrogen-bond acceptors (Lipinski definition) is 5. The molecule has 0 aromatic heterocycles. The molecule has 1 aliphatic rings. The van der Waals surface area contributed by atoms with Crippen LogP contribution in [0.1, 0.15) is 0 Å². The van der Waals surface area contributed by atoms with Gasteiger partial charge in [-0.15, -0.1) is 0 Å². The second kappa shape index (κ2) is 4.78. The first-order chi connectivity index (χ1) is 7.72. The van der Waals surface area contributed by atoms with Crippen molar-refractivity contribution in [2.75, 3.05) is 19.9 Å². The predicted octanol–water partition coefficient (Wildman–Crippen LogP) is 0.767. The van der Waals surface area contributed by atoms with Gasteiger partial charge in [-0.05, 0) is 12.1 Å². The second-order valence-corrected chi connectivity index (χ2v) is 3.69. The van der Waals surface area contributed by atoms with Gasteiger partial charge in [0.25, 0.3) is 0 Å². The zero-order chi connectivity index (χ0) is 11.5. The van der Waals surface area contributed by atoms with E-state index in [2.05, 4.69) is 0 Å². The SMILES string of the molecule is NCC(O)COc1ccc2c(c1Cl)OCO2. The summed E-state index contributed by atoms with van der Waals surface area (Å²) in [5, 5.41) is 9.60. The van der Waals surface area contributed by atoms with E-state index in [1.54, 1.807) is 12.1 Å². The van der Waals surface area contributed by atoms with E-state index in [1.165, 1.54) is 0 Å². The molecule has 1 heterocycles. The molecule has 0 saturated carbocycles. The highest BCUT2D eigenvalue weighted by molar-refractivity contribution is 6.33. The number of fused-ring (bicyclic) bond motifs is 1. The van der Waals surface area contributed by atoms with Crippen molar-refractivity contribution in [1.29, 1.82) is 0 Å². The van der Waals surface area contributed by atoms with Crippen LogP contribution < -0.4 is 19.9 Å². The van der Waals surface area contributed by atoms with Crippen LogP contribution in [0.4, 0.5) is 0 Å². The van der Waals surface area contributed by atoms with Crippen LogP contribution in [0.2, 0.25) is 5.02 Å². The van der Waals surface area contributed by atoms with Crippen molar-refractivity contribution in [2.24, 2.45) is 5.73 Å². The molecule has 6 heteroatoms. The molecular weight excluding hydrogens is 234 g/mol. The number of rotatable bonds is 4. The van der Waals surface area contributed by atoms with Gasteiger partial charge in [-0.1, -0.05) is 11.6 Å². The lowest BCUT2D eigenvalue weighted by Crippen LogP contribution is -2.26. The monoisotopic (exact) mass is 245 g/mol. The lowest BCUT2D eigenvalue weighted by atomic mass is 10.3. The standard InChI is InChI=1S/C10H12ClNO4/c11-9-7(14-4-6(13)3-12)1-2-8-10(9)16-5-15-8/h1-2,6,13H,3-5,12H2. The van der Waals surface area contributed by atoms with E-state index < -0.39 is 6.10 Å².